The molecular weight excluding hydrogens is 196 g/mol. The molecule has 0 aromatic rings. The summed E-state index contributed by atoms with van der Waals surface area (Å²) in [6.07, 6.45) is 8.59. The molecule has 1 atom stereocenters. The van der Waals surface area contributed by atoms with Crippen LogP contribution in [0.25, 0.3) is 0 Å². The zero-order chi connectivity index (χ0) is 11.8. The topological polar surface area (TPSA) is 6.48 Å². The number of nitrogens with zero attached hydrogens (tertiary/aromatic N) is 2. The van der Waals surface area contributed by atoms with E-state index in [4.69, 9.17) is 0 Å². The van der Waals surface area contributed by atoms with Gasteiger partial charge in [-0.25, -0.2) is 0 Å². The Labute approximate surface area is 102 Å². The van der Waals surface area contributed by atoms with Gasteiger partial charge in [-0.1, -0.05) is 26.7 Å². The maximum absolute atomic E-state index is 2.68. The molecule has 0 N–H and O–H groups in total. The van der Waals surface area contributed by atoms with E-state index in [1.165, 1.54) is 64.7 Å². The molecule has 2 fully saturated rings. The van der Waals surface area contributed by atoms with Crippen LogP contribution in [-0.4, -0.2) is 49.1 Å². The third-order valence-corrected chi connectivity index (χ3v) is 3.84. The van der Waals surface area contributed by atoms with E-state index in [1.807, 2.05) is 13.8 Å². The molecule has 16 heavy (non-hydrogen) atoms. The first-order valence-corrected chi connectivity index (χ1v) is 7.29. The van der Waals surface area contributed by atoms with Crippen molar-refractivity contribution >= 4 is 0 Å². The van der Waals surface area contributed by atoms with Crippen molar-refractivity contribution in [3.63, 3.8) is 0 Å². The van der Waals surface area contributed by atoms with Crippen molar-refractivity contribution in [1.82, 2.24) is 9.80 Å². The predicted molar refractivity (Wildman–Crippen MR) is 71.9 cm³/mol. The maximum Gasteiger partial charge on any atom is 0.0220 e. The Morgan fingerprint density at radius 2 is 1.50 bits per heavy atom. The number of likely N-dealkylation sites (N-methyl/N-ethyl adjacent to an activating group) is 1. The van der Waals surface area contributed by atoms with Gasteiger partial charge < -0.3 is 9.80 Å². The van der Waals surface area contributed by atoms with Crippen molar-refractivity contribution in [3.8, 4) is 0 Å². The molecule has 0 bridgehead atoms. The van der Waals surface area contributed by atoms with Crippen LogP contribution in [0.2, 0.25) is 0 Å². The Morgan fingerprint density at radius 3 is 2.12 bits per heavy atom. The number of hydrogen-bond donors (Lipinski definition) is 0. The Hall–Kier alpha value is -0.0800. The van der Waals surface area contributed by atoms with Gasteiger partial charge in [0.2, 0.25) is 0 Å². The summed E-state index contributed by atoms with van der Waals surface area (Å²) in [6.45, 7) is 9.35. The molecular formula is C14H30N2. The van der Waals surface area contributed by atoms with Gasteiger partial charge >= 0.3 is 0 Å². The first-order valence-electron chi connectivity index (χ1n) is 7.29. The van der Waals surface area contributed by atoms with Crippen LogP contribution in [0, 0.1) is 0 Å². The van der Waals surface area contributed by atoms with E-state index >= 15 is 0 Å². The van der Waals surface area contributed by atoms with Gasteiger partial charge in [-0.2, -0.15) is 0 Å². The molecule has 2 rings (SSSR count). The number of rotatable bonds is 2. The van der Waals surface area contributed by atoms with Crippen LogP contribution in [0.15, 0.2) is 0 Å². The van der Waals surface area contributed by atoms with Crippen LogP contribution < -0.4 is 0 Å². The van der Waals surface area contributed by atoms with E-state index in [2.05, 4.69) is 16.8 Å². The summed E-state index contributed by atoms with van der Waals surface area (Å²) >= 11 is 0. The average Bonchev–Trinajstić information content (AvgIpc) is 2.36. The van der Waals surface area contributed by atoms with Gasteiger partial charge in [0.15, 0.2) is 0 Å². The molecule has 2 aliphatic rings. The second kappa shape index (κ2) is 8.08. The molecule has 0 amide bonds. The van der Waals surface area contributed by atoms with E-state index < -0.39 is 0 Å². The number of likely N-dealkylation sites (tertiary alicyclic amines) is 2. The normalized spacial score (nSPS) is 28.3. The summed E-state index contributed by atoms with van der Waals surface area (Å²) in [4.78, 5) is 5.24. The number of piperidine rings is 2. The van der Waals surface area contributed by atoms with Crippen molar-refractivity contribution in [2.75, 3.05) is 33.2 Å². The Morgan fingerprint density at radius 1 is 0.875 bits per heavy atom. The van der Waals surface area contributed by atoms with Gasteiger partial charge in [-0.3, -0.25) is 0 Å². The zero-order valence-electron chi connectivity index (χ0n) is 11.5. The van der Waals surface area contributed by atoms with Crippen LogP contribution in [0.5, 0.6) is 0 Å². The molecule has 2 heteroatoms. The van der Waals surface area contributed by atoms with Crippen LogP contribution >= 0.6 is 0 Å². The van der Waals surface area contributed by atoms with Crippen molar-refractivity contribution < 1.29 is 0 Å². The van der Waals surface area contributed by atoms with Gasteiger partial charge in [0.05, 0.1) is 0 Å². The lowest BCUT2D eigenvalue weighted by atomic mass is 10.0. The average molecular weight is 226 g/mol. The second-order valence-electron chi connectivity index (χ2n) is 4.99. The highest BCUT2D eigenvalue weighted by atomic mass is 15.2. The predicted octanol–water partition coefficient (Wildman–Crippen LogP) is 2.98. The van der Waals surface area contributed by atoms with Gasteiger partial charge in [0.1, 0.15) is 0 Å². The molecule has 96 valence electrons. The van der Waals surface area contributed by atoms with Gasteiger partial charge in [-0.05, 0) is 52.4 Å². The van der Waals surface area contributed by atoms with E-state index in [1.54, 1.807) is 0 Å². The van der Waals surface area contributed by atoms with Gasteiger partial charge in [-0.15, -0.1) is 0 Å². The summed E-state index contributed by atoms with van der Waals surface area (Å²) in [7, 11) is 2.30. The molecule has 0 aromatic heterocycles. The summed E-state index contributed by atoms with van der Waals surface area (Å²) in [5.74, 6) is 0. The Bertz CT molecular complexity index is 164. The second-order valence-corrected chi connectivity index (χ2v) is 4.99. The van der Waals surface area contributed by atoms with Crippen LogP contribution in [0.4, 0.5) is 0 Å². The fraction of sp³-hybridized carbons (Fsp3) is 1.00. The summed E-state index contributed by atoms with van der Waals surface area (Å²) in [6, 6.07) is 0.849. The summed E-state index contributed by atoms with van der Waals surface area (Å²) in [5, 5.41) is 0. The minimum atomic E-state index is 0.849. The quantitative estimate of drug-likeness (QED) is 0.714. The van der Waals surface area contributed by atoms with Gasteiger partial charge in [0.25, 0.3) is 0 Å². The molecule has 2 saturated heterocycles. The van der Waals surface area contributed by atoms with Crippen LogP contribution in [0.1, 0.15) is 52.4 Å². The fourth-order valence-electron chi connectivity index (χ4n) is 2.81. The van der Waals surface area contributed by atoms with Crippen LogP contribution in [-0.2, 0) is 0 Å². The molecule has 0 aliphatic carbocycles. The van der Waals surface area contributed by atoms with E-state index in [-0.39, 0.29) is 0 Å². The lowest BCUT2D eigenvalue weighted by Gasteiger charge is -2.37. The van der Waals surface area contributed by atoms with Crippen LogP contribution in [0.3, 0.4) is 0 Å². The molecule has 2 nitrogen and oxygen atoms in total. The third kappa shape index (κ3) is 4.42. The molecule has 2 heterocycles. The largest absolute Gasteiger partial charge is 0.302 e. The summed E-state index contributed by atoms with van der Waals surface area (Å²) in [5.41, 5.74) is 0. The van der Waals surface area contributed by atoms with E-state index in [0.717, 1.165) is 6.04 Å². The molecule has 0 aromatic carbocycles. The molecule has 2 aliphatic heterocycles. The highest BCUT2D eigenvalue weighted by Gasteiger charge is 2.22. The van der Waals surface area contributed by atoms with E-state index in [0.29, 0.717) is 0 Å². The zero-order valence-corrected chi connectivity index (χ0v) is 11.5. The number of hydrogen-bond acceptors (Lipinski definition) is 2. The monoisotopic (exact) mass is 226 g/mol. The Kier molecular flexibility index (Phi) is 7.06. The fourth-order valence-corrected chi connectivity index (χ4v) is 2.81. The van der Waals surface area contributed by atoms with Crippen molar-refractivity contribution in [3.05, 3.63) is 0 Å². The van der Waals surface area contributed by atoms with Crippen molar-refractivity contribution in [2.24, 2.45) is 0 Å². The molecule has 0 saturated carbocycles. The summed E-state index contributed by atoms with van der Waals surface area (Å²) < 4.78 is 0. The molecule has 0 radical (unpaired) electrons. The van der Waals surface area contributed by atoms with Gasteiger partial charge in [0, 0.05) is 12.6 Å². The minimum absolute atomic E-state index is 0.849. The maximum atomic E-state index is 2.68. The van der Waals surface area contributed by atoms with Crippen molar-refractivity contribution in [2.45, 2.75) is 58.4 Å². The highest BCUT2D eigenvalue weighted by molar-refractivity contribution is 4.78. The lowest BCUT2D eigenvalue weighted by molar-refractivity contribution is 0.117. The SMILES string of the molecule is CC.CN1CCCCC1CN1CCCCC1. The minimum Gasteiger partial charge on any atom is -0.302 e. The molecule has 0 spiro atoms. The van der Waals surface area contributed by atoms with E-state index in [9.17, 15) is 0 Å². The standard InChI is InChI=1S/C12H24N2.C2H6/c1-13-8-6-3-7-12(13)11-14-9-4-2-5-10-14;1-2/h12H,2-11H2,1H3;1-2H3. The highest BCUT2D eigenvalue weighted by Crippen LogP contribution is 2.18. The first-order chi connectivity index (χ1) is 7.86. The first kappa shape index (κ1) is 14.0. The molecule has 1 unspecified atom stereocenters. The lowest BCUT2D eigenvalue weighted by Crippen LogP contribution is -2.46. The van der Waals surface area contributed by atoms with Crippen molar-refractivity contribution in [1.29, 1.82) is 0 Å². The smallest absolute Gasteiger partial charge is 0.0220 e. The third-order valence-electron chi connectivity index (χ3n) is 3.84. The Balaban J connectivity index is 0.000000606.